The number of rotatable bonds is 5. The second-order valence-electron chi connectivity index (χ2n) is 7.20. The van der Waals surface area contributed by atoms with E-state index in [-0.39, 0.29) is 10.8 Å². The van der Waals surface area contributed by atoms with Gasteiger partial charge in [-0.3, -0.25) is 9.36 Å². The maximum absolute atomic E-state index is 13.5. The number of aromatic nitrogens is 2. The maximum Gasteiger partial charge on any atom is 0.272 e. The summed E-state index contributed by atoms with van der Waals surface area (Å²) in [4.78, 5) is 19.3. The van der Waals surface area contributed by atoms with E-state index in [2.05, 4.69) is 64.5 Å². The Bertz CT molecular complexity index is 1220. The Hall–Kier alpha value is -2.28. The number of benzene rings is 3. The van der Waals surface area contributed by atoms with Gasteiger partial charge in [-0.25, -0.2) is 4.98 Å². The molecule has 1 aliphatic heterocycles. The average molecular weight is 507 g/mol. The van der Waals surface area contributed by atoms with Gasteiger partial charge in [-0.2, -0.15) is 0 Å². The minimum Gasteiger partial charge on any atom is -0.268 e. The minimum atomic E-state index is 0.0252. The predicted molar refractivity (Wildman–Crippen MR) is 133 cm³/mol. The monoisotopic (exact) mass is 506 g/mol. The molecule has 0 spiro atoms. The summed E-state index contributed by atoms with van der Waals surface area (Å²) in [6.45, 7) is 0. The normalized spacial score (nSPS) is 12.8. The summed E-state index contributed by atoms with van der Waals surface area (Å²) in [6.07, 6.45) is 0.839. The van der Waals surface area contributed by atoms with Crippen molar-refractivity contribution in [2.45, 2.75) is 21.7 Å². The van der Waals surface area contributed by atoms with E-state index in [1.54, 1.807) is 28.1 Å². The van der Waals surface area contributed by atoms with Gasteiger partial charge in [-0.1, -0.05) is 88.4 Å². The molecular formula is C25H19BrN2OS2. The second-order valence-corrected chi connectivity index (χ2v) is 10.3. The number of aryl methyl sites for hydroxylation is 1. The minimum absolute atomic E-state index is 0.0252. The smallest absolute Gasteiger partial charge is 0.268 e. The maximum atomic E-state index is 13.5. The topological polar surface area (TPSA) is 34.9 Å². The summed E-state index contributed by atoms with van der Waals surface area (Å²) in [7, 11) is 0. The molecule has 2 heterocycles. The van der Waals surface area contributed by atoms with E-state index in [0.29, 0.717) is 0 Å². The zero-order valence-electron chi connectivity index (χ0n) is 16.6. The Labute approximate surface area is 198 Å². The number of halogens is 1. The highest BCUT2D eigenvalue weighted by atomic mass is 79.9. The van der Waals surface area contributed by atoms with Gasteiger partial charge in [0.05, 0.1) is 21.5 Å². The molecule has 6 heteroatoms. The van der Waals surface area contributed by atoms with Gasteiger partial charge >= 0.3 is 0 Å². The van der Waals surface area contributed by atoms with E-state index < -0.39 is 0 Å². The van der Waals surface area contributed by atoms with Crippen LogP contribution in [0.15, 0.2) is 104 Å². The molecule has 3 aromatic carbocycles. The van der Waals surface area contributed by atoms with E-state index in [0.717, 1.165) is 38.1 Å². The second kappa shape index (κ2) is 9.07. The Morgan fingerprint density at radius 2 is 1.52 bits per heavy atom. The molecule has 1 aromatic heterocycles. The van der Waals surface area contributed by atoms with Crippen LogP contribution in [-0.4, -0.2) is 15.3 Å². The van der Waals surface area contributed by atoms with Crippen molar-refractivity contribution in [3.8, 4) is 5.69 Å². The number of fused-ring (bicyclic) bond motifs is 1. The Balaban J connectivity index is 1.67. The highest BCUT2D eigenvalue weighted by Crippen LogP contribution is 2.41. The van der Waals surface area contributed by atoms with Crippen molar-refractivity contribution in [3.63, 3.8) is 0 Å². The number of thioether (sulfide) groups is 2. The van der Waals surface area contributed by atoms with Crippen LogP contribution in [-0.2, 0) is 6.42 Å². The van der Waals surface area contributed by atoms with E-state index in [9.17, 15) is 4.79 Å². The molecule has 3 nitrogen and oxygen atoms in total. The fourth-order valence-electron chi connectivity index (χ4n) is 3.68. The molecule has 0 N–H and O–H groups in total. The summed E-state index contributed by atoms with van der Waals surface area (Å²) in [5, 5.41) is 0.759. The number of nitrogens with zero attached hydrogens (tertiary/aromatic N) is 2. The molecule has 0 saturated heterocycles. The highest BCUT2D eigenvalue weighted by molar-refractivity contribution is 9.10. The van der Waals surface area contributed by atoms with Crippen LogP contribution in [0.4, 0.5) is 0 Å². The summed E-state index contributed by atoms with van der Waals surface area (Å²) in [5.74, 6) is 0.910. The highest BCUT2D eigenvalue weighted by Gasteiger charge is 2.25. The van der Waals surface area contributed by atoms with Gasteiger partial charge in [0, 0.05) is 16.6 Å². The number of hydrogen-bond donors (Lipinski definition) is 0. The lowest BCUT2D eigenvalue weighted by Gasteiger charge is -2.20. The van der Waals surface area contributed by atoms with Crippen LogP contribution in [0.25, 0.3) is 5.69 Å². The molecule has 4 aromatic rings. The van der Waals surface area contributed by atoms with E-state index in [4.69, 9.17) is 4.98 Å². The Kier molecular flexibility index (Phi) is 6.03. The first-order valence-corrected chi connectivity index (χ1v) is 12.7. The van der Waals surface area contributed by atoms with Crippen molar-refractivity contribution in [2.75, 3.05) is 5.75 Å². The van der Waals surface area contributed by atoms with Gasteiger partial charge in [-0.05, 0) is 35.4 Å². The fraction of sp³-hybridized carbons (Fsp3) is 0.120. The van der Waals surface area contributed by atoms with E-state index >= 15 is 0 Å². The summed E-state index contributed by atoms with van der Waals surface area (Å²) >= 11 is 6.74. The summed E-state index contributed by atoms with van der Waals surface area (Å²) in [6, 6.07) is 28.7. The third-order valence-corrected chi connectivity index (χ3v) is 8.08. The fourth-order valence-corrected chi connectivity index (χ4v) is 6.23. The molecule has 0 bridgehead atoms. The van der Waals surface area contributed by atoms with Crippen LogP contribution in [0.5, 0.6) is 0 Å². The van der Waals surface area contributed by atoms with Crippen molar-refractivity contribution in [2.24, 2.45) is 0 Å². The van der Waals surface area contributed by atoms with Crippen molar-refractivity contribution in [1.82, 2.24) is 9.55 Å². The van der Waals surface area contributed by atoms with Gasteiger partial charge in [0.15, 0.2) is 5.16 Å². The van der Waals surface area contributed by atoms with Gasteiger partial charge < -0.3 is 0 Å². The lowest BCUT2D eigenvalue weighted by Crippen LogP contribution is -2.24. The van der Waals surface area contributed by atoms with Crippen LogP contribution >= 0.6 is 39.5 Å². The first-order chi connectivity index (χ1) is 15.2. The number of hydrogen-bond acceptors (Lipinski definition) is 4. The van der Waals surface area contributed by atoms with Gasteiger partial charge in [0.2, 0.25) is 0 Å². The van der Waals surface area contributed by atoms with Crippen LogP contribution < -0.4 is 5.56 Å². The average Bonchev–Trinajstić information content (AvgIpc) is 3.29. The Morgan fingerprint density at radius 1 is 0.903 bits per heavy atom. The standard InChI is InChI=1S/C25H19BrN2OS2/c26-19-11-13-20(14-12-19)28-24(29)23-21(15-16-30-23)27-25(28)31-22(17-7-3-1-4-8-17)18-9-5-2-6-10-18/h1-14,22H,15-16H2. The van der Waals surface area contributed by atoms with Gasteiger partial charge in [0.25, 0.3) is 5.56 Å². The third kappa shape index (κ3) is 4.25. The first kappa shape index (κ1) is 20.6. The summed E-state index contributed by atoms with van der Waals surface area (Å²) < 4.78 is 2.75. The quantitative estimate of drug-likeness (QED) is 0.227. The molecule has 5 rings (SSSR count). The lowest BCUT2D eigenvalue weighted by molar-refractivity contribution is 0.737. The van der Waals surface area contributed by atoms with Crippen LogP contribution in [0, 0.1) is 0 Å². The third-order valence-electron chi connectivity index (χ3n) is 5.18. The van der Waals surface area contributed by atoms with Crippen molar-refractivity contribution < 1.29 is 0 Å². The summed E-state index contributed by atoms with van der Waals surface area (Å²) in [5.41, 5.74) is 4.15. The van der Waals surface area contributed by atoms with Crippen LogP contribution in [0.3, 0.4) is 0 Å². The first-order valence-electron chi connectivity index (χ1n) is 10.0. The molecule has 0 radical (unpaired) electrons. The predicted octanol–water partition coefficient (Wildman–Crippen LogP) is 6.52. The van der Waals surface area contributed by atoms with Gasteiger partial charge in [-0.15, -0.1) is 11.8 Å². The van der Waals surface area contributed by atoms with E-state index in [1.807, 2.05) is 36.4 Å². The molecule has 154 valence electrons. The SMILES string of the molecule is O=c1c2c(nc(SC(c3ccccc3)c3ccccc3)n1-c1ccc(Br)cc1)CCS2. The zero-order valence-corrected chi connectivity index (χ0v) is 19.8. The Morgan fingerprint density at radius 3 is 2.13 bits per heavy atom. The largest absolute Gasteiger partial charge is 0.272 e. The molecule has 0 amide bonds. The van der Waals surface area contributed by atoms with Gasteiger partial charge in [0.1, 0.15) is 0 Å². The van der Waals surface area contributed by atoms with Crippen LogP contribution in [0.1, 0.15) is 22.1 Å². The van der Waals surface area contributed by atoms with E-state index in [1.165, 1.54) is 11.1 Å². The van der Waals surface area contributed by atoms with Crippen molar-refractivity contribution in [1.29, 1.82) is 0 Å². The molecule has 0 aliphatic carbocycles. The lowest BCUT2D eigenvalue weighted by atomic mass is 10.0. The molecule has 0 atom stereocenters. The van der Waals surface area contributed by atoms with Crippen molar-refractivity contribution in [3.05, 3.63) is 117 Å². The zero-order chi connectivity index (χ0) is 21.2. The molecular weight excluding hydrogens is 488 g/mol. The molecule has 0 unspecified atom stereocenters. The molecule has 0 saturated carbocycles. The van der Waals surface area contributed by atoms with Crippen LogP contribution in [0.2, 0.25) is 0 Å². The molecule has 31 heavy (non-hydrogen) atoms. The molecule has 1 aliphatic rings. The van der Waals surface area contributed by atoms with Crippen molar-refractivity contribution >= 4 is 39.5 Å². The molecule has 0 fully saturated rings.